The van der Waals surface area contributed by atoms with Gasteiger partial charge in [-0.2, -0.15) is 0 Å². The minimum absolute atomic E-state index is 0.247. The van der Waals surface area contributed by atoms with Crippen LogP contribution >= 0.6 is 0 Å². The third-order valence-electron chi connectivity index (χ3n) is 2.69. The quantitative estimate of drug-likeness (QED) is 0.610. The number of rotatable bonds is 8. The standard InChI is InChI=1S/C12H27NO/c1-6-8-11(3)14-10-9-13-12(4,5)7-2/h11,13H,6-10H2,1-5H3. The van der Waals surface area contributed by atoms with Crippen molar-refractivity contribution >= 4 is 0 Å². The highest BCUT2D eigenvalue weighted by Crippen LogP contribution is 2.06. The van der Waals surface area contributed by atoms with Gasteiger partial charge in [0, 0.05) is 12.1 Å². The molecule has 0 aliphatic rings. The summed E-state index contributed by atoms with van der Waals surface area (Å²) in [5.74, 6) is 0. The third kappa shape index (κ3) is 7.34. The molecule has 1 N–H and O–H groups in total. The molecule has 1 atom stereocenters. The van der Waals surface area contributed by atoms with E-state index in [1.807, 2.05) is 0 Å². The molecule has 0 saturated carbocycles. The van der Waals surface area contributed by atoms with E-state index in [2.05, 4.69) is 39.9 Å². The topological polar surface area (TPSA) is 21.3 Å². The van der Waals surface area contributed by atoms with E-state index in [0.717, 1.165) is 26.0 Å². The van der Waals surface area contributed by atoms with Crippen LogP contribution in [0.1, 0.15) is 53.9 Å². The molecule has 86 valence electrons. The van der Waals surface area contributed by atoms with E-state index in [-0.39, 0.29) is 5.54 Å². The molecule has 0 aliphatic heterocycles. The van der Waals surface area contributed by atoms with Crippen LogP contribution in [0.3, 0.4) is 0 Å². The molecule has 14 heavy (non-hydrogen) atoms. The van der Waals surface area contributed by atoms with Gasteiger partial charge in [0.05, 0.1) is 12.7 Å². The zero-order chi connectivity index (χ0) is 11.0. The summed E-state index contributed by atoms with van der Waals surface area (Å²) in [5.41, 5.74) is 0.247. The van der Waals surface area contributed by atoms with E-state index >= 15 is 0 Å². The first-order valence-corrected chi connectivity index (χ1v) is 5.88. The molecule has 0 saturated heterocycles. The monoisotopic (exact) mass is 201 g/mol. The van der Waals surface area contributed by atoms with Crippen molar-refractivity contribution in [2.75, 3.05) is 13.2 Å². The van der Waals surface area contributed by atoms with Crippen LogP contribution in [-0.4, -0.2) is 24.8 Å². The summed E-state index contributed by atoms with van der Waals surface area (Å²) in [4.78, 5) is 0. The fourth-order valence-electron chi connectivity index (χ4n) is 1.26. The Labute approximate surface area is 89.4 Å². The van der Waals surface area contributed by atoms with Gasteiger partial charge >= 0.3 is 0 Å². The van der Waals surface area contributed by atoms with Crippen LogP contribution < -0.4 is 5.32 Å². The molecule has 0 aromatic heterocycles. The first-order chi connectivity index (χ1) is 6.52. The SMILES string of the molecule is CCCC(C)OCCNC(C)(C)CC. The van der Waals surface area contributed by atoms with Crippen LogP contribution in [0.2, 0.25) is 0 Å². The van der Waals surface area contributed by atoms with Crippen LogP contribution in [0.4, 0.5) is 0 Å². The van der Waals surface area contributed by atoms with Gasteiger partial charge in [-0.05, 0) is 33.6 Å². The van der Waals surface area contributed by atoms with E-state index in [4.69, 9.17) is 4.74 Å². The van der Waals surface area contributed by atoms with Gasteiger partial charge < -0.3 is 10.1 Å². The van der Waals surface area contributed by atoms with Crippen molar-refractivity contribution in [1.29, 1.82) is 0 Å². The Morgan fingerprint density at radius 2 is 1.93 bits per heavy atom. The molecular formula is C12H27NO. The van der Waals surface area contributed by atoms with Crippen LogP contribution in [0.5, 0.6) is 0 Å². The predicted molar refractivity (Wildman–Crippen MR) is 62.7 cm³/mol. The normalized spacial score (nSPS) is 14.4. The van der Waals surface area contributed by atoms with Gasteiger partial charge in [0.1, 0.15) is 0 Å². The van der Waals surface area contributed by atoms with E-state index < -0.39 is 0 Å². The van der Waals surface area contributed by atoms with Gasteiger partial charge in [-0.25, -0.2) is 0 Å². The molecule has 0 fully saturated rings. The molecular weight excluding hydrogens is 174 g/mol. The average Bonchev–Trinajstić information content (AvgIpc) is 2.13. The Morgan fingerprint density at radius 3 is 2.43 bits per heavy atom. The maximum atomic E-state index is 5.66. The lowest BCUT2D eigenvalue weighted by Gasteiger charge is -2.25. The number of ether oxygens (including phenoxy) is 1. The van der Waals surface area contributed by atoms with Gasteiger partial charge in [0.15, 0.2) is 0 Å². The minimum Gasteiger partial charge on any atom is -0.377 e. The maximum absolute atomic E-state index is 5.66. The fourth-order valence-corrected chi connectivity index (χ4v) is 1.26. The Kier molecular flexibility index (Phi) is 7.20. The zero-order valence-corrected chi connectivity index (χ0v) is 10.5. The van der Waals surface area contributed by atoms with Gasteiger partial charge in [-0.15, -0.1) is 0 Å². The Bertz CT molecular complexity index is 134. The molecule has 0 aliphatic carbocycles. The third-order valence-corrected chi connectivity index (χ3v) is 2.69. The van der Waals surface area contributed by atoms with Gasteiger partial charge in [0.2, 0.25) is 0 Å². The lowest BCUT2D eigenvalue weighted by molar-refractivity contribution is 0.0584. The number of nitrogens with one attached hydrogen (secondary N) is 1. The predicted octanol–water partition coefficient (Wildman–Crippen LogP) is 2.97. The zero-order valence-electron chi connectivity index (χ0n) is 10.5. The summed E-state index contributed by atoms with van der Waals surface area (Å²) < 4.78 is 5.66. The Balaban J connectivity index is 3.37. The highest BCUT2D eigenvalue weighted by atomic mass is 16.5. The number of hydrogen-bond donors (Lipinski definition) is 1. The van der Waals surface area contributed by atoms with Crippen molar-refractivity contribution in [1.82, 2.24) is 5.32 Å². The summed E-state index contributed by atoms with van der Waals surface area (Å²) >= 11 is 0. The summed E-state index contributed by atoms with van der Waals surface area (Å²) in [6.45, 7) is 12.8. The molecule has 2 nitrogen and oxygen atoms in total. The minimum atomic E-state index is 0.247. The summed E-state index contributed by atoms with van der Waals surface area (Å²) in [5, 5.41) is 3.48. The molecule has 2 heteroatoms. The average molecular weight is 201 g/mol. The van der Waals surface area contributed by atoms with E-state index in [1.165, 1.54) is 6.42 Å². The second-order valence-corrected chi connectivity index (χ2v) is 4.63. The molecule has 0 rings (SSSR count). The summed E-state index contributed by atoms with van der Waals surface area (Å²) in [6.07, 6.45) is 3.93. The lowest BCUT2D eigenvalue weighted by Crippen LogP contribution is -2.40. The van der Waals surface area contributed by atoms with Crippen LogP contribution in [-0.2, 0) is 4.74 Å². The smallest absolute Gasteiger partial charge is 0.0594 e. The molecule has 0 spiro atoms. The van der Waals surface area contributed by atoms with Crippen molar-refractivity contribution in [3.05, 3.63) is 0 Å². The van der Waals surface area contributed by atoms with Crippen molar-refractivity contribution in [2.24, 2.45) is 0 Å². The molecule has 0 bridgehead atoms. The first-order valence-electron chi connectivity index (χ1n) is 5.88. The Hall–Kier alpha value is -0.0800. The van der Waals surface area contributed by atoms with Gasteiger partial charge in [-0.1, -0.05) is 20.3 Å². The van der Waals surface area contributed by atoms with Crippen LogP contribution in [0.25, 0.3) is 0 Å². The summed E-state index contributed by atoms with van der Waals surface area (Å²) in [6, 6.07) is 0. The maximum Gasteiger partial charge on any atom is 0.0594 e. The first kappa shape index (κ1) is 13.9. The number of hydrogen-bond acceptors (Lipinski definition) is 2. The van der Waals surface area contributed by atoms with Crippen molar-refractivity contribution < 1.29 is 4.74 Å². The summed E-state index contributed by atoms with van der Waals surface area (Å²) in [7, 11) is 0. The molecule has 1 unspecified atom stereocenters. The van der Waals surface area contributed by atoms with Gasteiger partial charge in [-0.3, -0.25) is 0 Å². The highest BCUT2D eigenvalue weighted by Gasteiger charge is 2.12. The van der Waals surface area contributed by atoms with Crippen LogP contribution in [0.15, 0.2) is 0 Å². The van der Waals surface area contributed by atoms with Crippen molar-refractivity contribution in [3.63, 3.8) is 0 Å². The highest BCUT2D eigenvalue weighted by molar-refractivity contribution is 4.74. The Morgan fingerprint density at radius 1 is 1.29 bits per heavy atom. The second kappa shape index (κ2) is 7.24. The molecule has 0 amide bonds. The van der Waals surface area contributed by atoms with Crippen LogP contribution in [0, 0.1) is 0 Å². The fraction of sp³-hybridized carbons (Fsp3) is 1.00. The van der Waals surface area contributed by atoms with E-state index in [9.17, 15) is 0 Å². The van der Waals surface area contributed by atoms with E-state index in [0.29, 0.717) is 6.10 Å². The van der Waals surface area contributed by atoms with Gasteiger partial charge in [0.25, 0.3) is 0 Å². The largest absolute Gasteiger partial charge is 0.377 e. The second-order valence-electron chi connectivity index (χ2n) is 4.63. The van der Waals surface area contributed by atoms with Crippen molar-refractivity contribution in [3.8, 4) is 0 Å². The molecule has 0 radical (unpaired) electrons. The lowest BCUT2D eigenvalue weighted by atomic mass is 10.0. The molecule has 0 heterocycles. The molecule has 0 aromatic carbocycles. The molecule has 0 aromatic rings. The van der Waals surface area contributed by atoms with E-state index in [1.54, 1.807) is 0 Å². The van der Waals surface area contributed by atoms with Crippen molar-refractivity contribution in [2.45, 2.75) is 65.5 Å².